The summed E-state index contributed by atoms with van der Waals surface area (Å²) in [5.41, 5.74) is 2.78. The predicted molar refractivity (Wildman–Crippen MR) is 99.5 cm³/mol. The number of likely N-dealkylation sites (tertiary alicyclic amines) is 1. The minimum Gasteiger partial charge on any atom is -0.337 e. The van der Waals surface area contributed by atoms with Crippen molar-refractivity contribution < 1.29 is 9.18 Å². The van der Waals surface area contributed by atoms with Crippen LogP contribution in [0.3, 0.4) is 0 Å². The molecule has 0 N–H and O–H groups in total. The van der Waals surface area contributed by atoms with Crippen LogP contribution in [0.25, 0.3) is 11.3 Å². The van der Waals surface area contributed by atoms with Crippen molar-refractivity contribution in [1.82, 2.24) is 19.9 Å². The molecule has 4 rings (SSSR count). The van der Waals surface area contributed by atoms with Crippen molar-refractivity contribution in [1.29, 1.82) is 0 Å². The molecule has 1 atom stereocenters. The van der Waals surface area contributed by atoms with E-state index >= 15 is 0 Å². The molecule has 1 aromatic carbocycles. The number of piperidine rings is 1. The maximum absolute atomic E-state index is 13.5. The van der Waals surface area contributed by atoms with Gasteiger partial charge in [-0.3, -0.25) is 14.8 Å². The lowest BCUT2D eigenvalue weighted by atomic mass is 9.93. The van der Waals surface area contributed by atoms with Gasteiger partial charge in [0.15, 0.2) is 0 Å². The van der Waals surface area contributed by atoms with E-state index in [-0.39, 0.29) is 17.6 Å². The summed E-state index contributed by atoms with van der Waals surface area (Å²) >= 11 is 0. The van der Waals surface area contributed by atoms with Gasteiger partial charge in [-0.2, -0.15) is 0 Å². The zero-order chi connectivity index (χ0) is 18.6. The number of nitrogens with zero attached hydrogens (tertiary/aromatic N) is 4. The minimum absolute atomic E-state index is 0.103. The van der Waals surface area contributed by atoms with E-state index in [0.717, 1.165) is 29.8 Å². The fourth-order valence-electron chi connectivity index (χ4n) is 3.46. The Morgan fingerprint density at radius 1 is 1.15 bits per heavy atom. The molecule has 6 heteroatoms. The third-order valence-electron chi connectivity index (χ3n) is 4.80. The molecule has 1 fully saturated rings. The Morgan fingerprint density at radius 2 is 2.04 bits per heavy atom. The molecule has 1 aliphatic heterocycles. The molecule has 0 spiro atoms. The van der Waals surface area contributed by atoms with Crippen molar-refractivity contribution in [2.24, 2.45) is 0 Å². The first-order chi connectivity index (χ1) is 13.2. The first-order valence-electron chi connectivity index (χ1n) is 8.99. The Balaban J connectivity index is 1.55. The fraction of sp³-hybridized carbons (Fsp3) is 0.238. The van der Waals surface area contributed by atoms with Crippen molar-refractivity contribution in [3.05, 3.63) is 78.3 Å². The first kappa shape index (κ1) is 17.3. The lowest BCUT2D eigenvalue weighted by Crippen LogP contribution is -2.39. The fourth-order valence-corrected chi connectivity index (χ4v) is 3.46. The van der Waals surface area contributed by atoms with Crippen molar-refractivity contribution in [2.75, 3.05) is 13.1 Å². The zero-order valence-electron chi connectivity index (χ0n) is 14.8. The smallest absolute Gasteiger partial charge is 0.274 e. The summed E-state index contributed by atoms with van der Waals surface area (Å²) in [5.74, 6) is -0.236. The molecule has 136 valence electrons. The molecule has 27 heavy (non-hydrogen) atoms. The van der Waals surface area contributed by atoms with E-state index in [1.54, 1.807) is 12.3 Å². The molecule has 1 aliphatic rings. The van der Waals surface area contributed by atoms with E-state index in [1.165, 1.54) is 24.5 Å². The van der Waals surface area contributed by atoms with Crippen LogP contribution in [-0.2, 0) is 0 Å². The number of hydrogen-bond acceptors (Lipinski definition) is 4. The second-order valence-electron chi connectivity index (χ2n) is 6.64. The molecule has 0 aliphatic carbocycles. The van der Waals surface area contributed by atoms with Crippen LogP contribution < -0.4 is 0 Å². The monoisotopic (exact) mass is 362 g/mol. The van der Waals surface area contributed by atoms with Crippen molar-refractivity contribution in [3.63, 3.8) is 0 Å². The largest absolute Gasteiger partial charge is 0.337 e. The van der Waals surface area contributed by atoms with Gasteiger partial charge in [-0.15, -0.1) is 0 Å². The van der Waals surface area contributed by atoms with Crippen molar-refractivity contribution >= 4 is 5.91 Å². The quantitative estimate of drug-likeness (QED) is 0.713. The average molecular weight is 362 g/mol. The maximum Gasteiger partial charge on any atom is 0.274 e. The normalized spacial score (nSPS) is 16.9. The molecule has 0 saturated carbocycles. The number of pyridine rings is 1. The van der Waals surface area contributed by atoms with E-state index in [1.807, 2.05) is 29.2 Å². The molecule has 3 heterocycles. The van der Waals surface area contributed by atoms with Gasteiger partial charge in [0.25, 0.3) is 5.91 Å². The van der Waals surface area contributed by atoms with Gasteiger partial charge < -0.3 is 4.90 Å². The highest BCUT2D eigenvalue weighted by Crippen LogP contribution is 2.28. The first-order valence-corrected chi connectivity index (χ1v) is 8.99. The second-order valence-corrected chi connectivity index (χ2v) is 6.64. The van der Waals surface area contributed by atoms with E-state index < -0.39 is 0 Å². The summed E-state index contributed by atoms with van der Waals surface area (Å²) in [6.07, 6.45) is 6.44. The van der Waals surface area contributed by atoms with E-state index in [0.29, 0.717) is 18.8 Å². The van der Waals surface area contributed by atoms with Crippen molar-refractivity contribution in [2.45, 2.75) is 18.8 Å². The van der Waals surface area contributed by atoms with E-state index in [2.05, 4.69) is 9.97 Å². The lowest BCUT2D eigenvalue weighted by Gasteiger charge is -2.32. The summed E-state index contributed by atoms with van der Waals surface area (Å²) in [4.78, 5) is 27.3. The standard InChI is InChI=1S/C21H19FN4O/c22-17-6-1-4-15(12-17)18-7-2-8-19(25-18)16-5-3-11-26(14-16)21(27)20-13-23-9-10-24-20/h1-2,4,6-10,12-13,16H,3,5,11,14H2. The molecule has 2 aromatic heterocycles. The number of carbonyl (C=O) groups excluding carboxylic acids is 1. The van der Waals surface area contributed by atoms with Gasteiger partial charge in [0.05, 0.1) is 11.9 Å². The van der Waals surface area contributed by atoms with Crippen LogP contribution in [0, 0.1) is 5.82 Å². The summed E-state index contributed by atoms with van der Waals surface area (Å²) in [5, 5.41) is 0. The Hall–Kier alpha value is -3.15. The topological polar surface area (TPSA) is 59.0 Å². The molecule has 1 amide bonds. The van der Waals surface area contributed by atoms with Crippen LogP contribution in [0.2, 0.25) is 0 Å². The molecule has 5 nitrogen and oxygen atoms in total. The summed E-state index contributed by atoms with van der Waals surface area (Å²) < 4.78 is 13.5. The van der Waals surface area contributed by atoms with Gasteiger partial charge in [0, 0.05) is 42.7 Å². The molecular weight excluding hydrogens is 343 g/mol. The Labute approximate surface area is 156 Å². The molecule has 1 unspecified atom stereocenters. The minimum atomic E-state index is -0.280. The van der Waals surface area contributed by atoms with Crippen LogP contribution in [0.15, 0.2) is 61.1 Å². The van der Waals surface area contributed by atoms with Gasteiger partial charge in [-0.25, -0.2) is 9.37 Å². The third-order valence-corrected chi connectivity index (χ3v) is 4.80. The van der Waals surface area contributed by atoms with Crippen LogP contribution in [-0.4, -0.2) is 38.8 Å². The van der Waals surface area contributed by atoms with Crippen LogP contribution in [0.5, 0.6) is 0 Å². The second kappa shape index (κ2) is 7.61. The maximum atomic E-state index is 13.5. The number of halogens is 1. The number of aromatic nitrogens is 3. The summed E-state index contributed by atoms with van der Waals surface area (Å²) in [6.45, 7) is 1.30. The molecule has 3 aromatic rings. The van der Waals surface area contributed by atoms with Gasteiger partial charge >= 0.3 is 0 Å². The Bertz CT molecular complexity index is 948. The third kappa shape index (κ3) is 3.84. The highest BCUT2D eigenvalue weighted by atomic mass is 19.1. The highest BCUT2D eigenvalue weighted by molar-refractivity contribution is 5.92. The van der Waals surface area contributed by atoms with Crippen LogP contribution >= 0.6 is 0 Å². The van der Waals surface area contributed by atoms with E-state index in [4.69, 9.17) is 4.98 Å². The SMILES string of the molecule is O=C(c1cnccn1)N1CCCC(c2cccc(-c3cccc(F)c3)n2)C1. The number of amides is 1. The molecule has 0 bridgehead atoms. The zero-order valence-corrected chi connectivity index (χ0v) is 14.8. The predicted octanol–water partition coefficient (Wildman–Crippen LogP) is 3.70. The number of benzene rings is 1. The van der Waals surface area contributed by atoms with Crippen LogP contribution in [0.4, 0.5) is 4.39 Å². The highest BCUT2D eigenvalue weighted by Gasteiger charge is 2.27. The lowest BCUT2D eigenvalue weighted by molar-refractivity contribution is 0.0699. The van der Waals surface area contributed by atoms with Gasteiger partial charge in [-0.05, 0) is 37.1 Å². The Morgan fingerprint density at radius 3 is 2.85 bits per heavy atom. The summed E-state index contributed by atoms with van der Waals surface area (Å²) in [7, 11) is 0. The van der Waals surface area contributed by atoms with E-state index in [9.17, 15) is 9.18 Å². The Kier molecular flexibility index (Phi) is 4.87. The van der Waals surface area contributed by atoms with Gasteiger partial charge in [0.2, 0.25) is 0 Å². The molecule has 1 saturated heterocycles. The van der Waals surface area contributed by atoms with Gasteiger partial charge in [0.1, 0.15) is 11.5 Å². The summed E-state index contributed by atoms with van der Waals surface area (Å²) in [6, 6.07) is 12.2. The molecule has 0 radical (unpaired) electrons. The number of carbonyl (C=O) groups is 1. The molecular formula is C21H19FN4O. The average Bonchev–Trinajstić information content (AvgIpc) is 2.74. The number of rotatable bonds is 3. The van der Waals surface area contributed by atoms with Gasteiger partial charge in [-0.1, -0.05) is 18.2 Å². The van der Waals surface area contributed by atoms with Crippen LogP contribution in [0.1, 0.15) is 34.9 Å². The number of hydrogen-bond donors (Lipinski definition) is 0. The van der Waals surface area contributed by atoms with Crippen molar-refractivity contribution in [3.8, 4) is 11.3 Å².